The fourth-order valence-electron chi connectivity index (χ4n) is 12.1. The van der Waals surface area contributed by atoms with Crippen LogP contribution in [0, 0.1) is 23.7 Å². The van der Waals surface area contributed by atoms with E-state index in [2.05, 4.69) is 55.4 Å². The molecule has 0 radical (unpaired) electrons. The summed E-state index contributed by atoms with van der Waals surface area (Å²) >= 11 is -4.94. The summed E-state index contributed by atoms with van der Waals surface area (Å²) in [5, 5.41) is 0. The van der Waals surface area contributed by atoms with E-state index in [-0.39, 0.29) is 42.0 Å². The minimum atomic E-state index is -4.94. The Labute approximate surface area is 487 Å². The van der Waals surface area contributed by atoms with Crippen LogP contribution in [0.15, 0.2) is 0 Å². The fraction of sp³-hybridized carbons (Fsp3) is 0.944. The number of carbonyl (C=O) groups is 4. The van der Waals surface area contributed by atoms with Gasteiger partial charge in [0.25, 0.3) is 0 Å². The van der Waals surface area contributed by atoms with E-state index in [0.29, 0.717) is 25.7 Å². The van der Waals surface area contributed by atoms with E-state index in [9.17, 15) is 19.2 Å². The predicted octanol–water partition coefficient (Wildman–Crippen LogP) is 24.7. The monoisotopic (exact) mass is 1120 g/mol. The molecule has 0 aromatic carbocycles. The predicted molar refractivity (Wildman–Crippen MR) is 338 cm³/mol. The molecule has 0 rings (SSSR count). The van der Waals surface area contributed by atoms with Gasteiger partial charge in [-0.2, -0.15) is 0 Å². The summed E-state index contributed by atoms with van der Waals surface area (Å²) in [6.07, 6.45) is 64.9. The van der Waals surface area contributed by atoms with Crippen LogP contribution < -0.4 is 0 Å². The number of hydrogen-bond donors (Lipinski definition) is 0. The van der Waals surface area contributed by atoms with Crippen molar-refractivity contribution in [2.75, 3.05) is 0 Å². The first-order valence-corrected chi connectivity index (χ1v) is 38.6. The van der Waals surface area contributed by atoms with Gasteiger partial charge < -0.3 is 0 Å². The minimum absolute atomic E-state index is 0.168. The molecule has 0 saturated heterocycles. The Morgan fingerprint density at radius 3 is 0.403 bits per heavy atom. The smallest absolute Gasteiger partial charge is 0.0628 e. The number of carbonyl (C=O) groups excluding carboxylic acids is 4. The average molecular weight is 1120 g/mol. The molecule has 0 aliphatic rings. The quantitative estimate of drug-likeness (QED) is 0.0450. The van der Waals surface area contributed by atoms with Crippen LogP contribution in [0.2, 0.25) is 0 Å². The molecule has 0 bridgehead atoms. The van der Waals surface area contributed by atoms with Crippen molar-refractivity contribution in [2.45, 2.75) is 415 Å². The van der Waals surface area contributed by atoms with Crippen molar-refractivity contribution in [1.29, 1.82) is 0 Å². The van der Waals surface area contributed by atoms with Gasteiger partial charge in [-0.1, -0.05) is 132 Å². The molecule has 5 heteroatoms. The zero-order valence-electron chi connectivity index (χ0n) is 54.0. The maximum absolute atomic E-state index is 14.8. The Balaban J connectivity index is 5.52. The van der Waals surface area contributed by atoms with Crippen LogP contribution in [0.25, 0.3) is 0 Å². The summed E-state index contributed by atoms with van der Waals surface area (Å²) < 4.78 is -0.673. The van der Waals surface area contributed by atoms with Crippen LogP contribution >= 0.6 is 0 Å². The molecule has 0 aliphatic carbocycles. The van der Waals surface area contributed by atoms with Crippen molar-refractivity contribution in [3.05, 3.63) is 0 Å². The third-order valence-corrected chi connectivity index (χ3v) is 24.2. The molecule has 456 valence electrons. The summed E-state index contributed by atoms with van der Waals surface area (Å²) in [6.45, 7) is 18.6. The van der Waals surface area contributed by atoms with E-state index in [0.717, 1.165) is 75.0 Å². The van der Waals surface area contributed by atoms with Gasteiger partial charge in [-0.25, -0.2) is 0 Å². The molecule has 77 heavy (non-hydrogen) atoms. The minimum Gasteiger partial charge on any atom is -0.0628 e. The number of hydrogen-bond acceptors (Lipinski definition) is 4. The van der Waals surface area contributed by atoms with Crippen molar-refractivity contribution in [1.82, 2.24) is 0 Å². The van der Waals surface area contributed by atoms with Gasteiger partial charge in [0, 0.05) is 0 Å². The zero-order valence-corrected chi connectivity index (χ0v) is 55.6. The number of rotatable bonds is 64. The Morgan fingerprint density at radius 2 is 0.286 bits per heavy atom. The average Bonchev–Trinajstić information content (AvgIpc) is 3.39. The van der Waals surface area contributed by atoms with Gasteiger partial charge in [-0.3, -0.25) is 0 Å². The Kier molecular flexibility index (Phi) is 56.8. The second kappa shape index (κ2) is 57.2. The molecular weight excluding hydrogens is 977 g/mol. The summed E-state index contributed by atoms with van der Waals surface area (Å²) in [7, 11) is 0. The molecule has 0 aromatic rings. The second-order valence-electron chi connectivity index (χ2n) is 27.1. The van der Waals surface area contributed by atoms with Gasteiger partial charge in [0.05, 0.1) is 0 Å². The molecule has 0 atom stereocenters. The molecule has 0 N–H and O–H groups in total. The molecule has 4 nitrogen and oxygen atoms in total. The zero-order chi connectivity index (χ0) is 56.7. The van der Waals surface area contributed by atoms with Gasteiger partial charge in [0.15, 0.2) is 0 Å². The summed E-state index contributed by atoms with van der Waals surface area (Å²) in [4.78, 5) is 59.3. The van der Waals surface area contributed by atoms with Crippen molar-refractivity contribution in [3.63, 3.8) is 0 Å². The number of unbranched alkanes of at least 4 members (excludes halogenated alkanes) is 44. The van der Waals surface area contributed by atoms with Crippen LogP contribution in [0.3, 0.4) is 0 Å². The van der Waals surface area contributed by atoms with E-state index in [1.807, 2.05) is 0 Å². The van der Waals surface area contributed by atoms with Gasteiger partial charge in [0.2, 0.25) is 0 Å². The van der Waals surface area contributed by atoms with Crippen LogP contribution in [0.1, 0.15) is 415 Å². The SMILES string of the molecule is CC(C)CCCCCCCCCCCCCC[C](=O)[Ti]([C](=O)CCCCCCCCCCCCCCC(C)C)([C](=O)CCCCCCCCCCCCCCC(C)C)[C](=O)CCCCCCCCCCCCCCC(C)C. The van der Waals surface area contributed by atoms with Crippen molar-refractivity contribution in [3.8, 4) is 0 Å². The standard InChI is InChI=1S/4C18H35O.Ti/c4*1-18(2)16-14-12-10-8-6-4-3-5-7-9-11-13-15-17-19;/h4*18H,3-16H2,1-2H3;. The Hall–Kier alpha value is -0.606. The van der Waals surface area contributed by atoms with Gasteiger partial charge in [0.1, 0.15) is 0 Å². The first-order chi connectivity index (χ1) is 37.3. The molecule has 0 fully saturated rings. The van der Waals surface area contributed by atoms with E-state index >= 15 is 0 Å². The van der Waals surface area contributed by atoms with Gasteiger partial charge in [-0.05, 0) is 23.7 Å². The van der Waals surface area contributed by atoms with Crippen LogP contribution in [-0.2, 0) is 35.8 Å². The first kappa shape index (κ1) is 76.4. The van der Waals surface area contributed by atoms with Crippen molar-refractivity contribution in [2.24, 2.45) is 23.7 Å². The summed E-state index contributed by atoms with van der Waals surface area (Å²) in [5.74, 6) is 3.28. The summed E-state index contributed by atoms with van der Waals surface area (Å²) in [5.41, 5.74) is 0. The molecule has 0 aliphatic heterocycles. The van der Waals surface area contributed by atoms with E-state index < -0.39 is 16.6 Å². The van der Waals surface area contributed by atoms with Crippen molar-refractivity contribution < 1.29 is 35.8 Å². The molecule has 0 spiro atoms. The Bertz CT molecular complexity index is 1100. The van der Waals surface area contributed by atoms with Crippen LogP contribution in [0.5, 0.6) is 0 Å². The van der Waals surface area contributed by atoms with Crippen LogP contribution in [0.4, 0.5) is 0 Å². The maximum atomic E-state index is 14.8. The molecule has 0 amide bonds. The normalized spacial score (nSPS) is 12.1. The molecule has 0 aromatic heterocycles. The molecule has 0 heterocycles. The van der Waals surface area contributed by atoms with E-state index in [1.165, 1.54) is 257 Å². The first-order valence-electron chi connectivity index (χ1n) is 35.5. The molecule has 0 saturated carbocycles. The summed E-state index contributed by atoms with van der Waals surface area (Å²) in [6, 6.07) is 0. The van der Waals surface area contributed by atoms with Gasteiger partial charge >= 0.3 is 335 Å². The molecular formula is C72H140O4Ti. The Morgan fingerprint density at radius 1 is 0.182 bits per heavy atom. The second-order valence-corrected chi connectivity index (χ2v) is 33.0. The third-order valence-electron chi connectivity index (χ3n) is 17.4. The molecule has 0 unspecified atom stereocenters. The van der Waals surface area contributed by atoms with E-state index in [1.54, 1.807) is 0 Å². The van der Waals surface area contributed by atoms with E-state index in [4.69, 9.17) is 0 Å². The third kappa shape index (κ3) is 48.6. The van der Waals surface area contributed by atoms with Crippen LogP contribution in [-0.4, -0.2) is 16.4 Å². The van der Waals surface area contributed by atoms with Crippen molar-refractivity contribution >= 4 is 16.4 Å². The topological polar surface area (TPSA) is 68.3 Å². The fourth-order valence-corrected chi connectivity index (χ4v) is 18.5. The van der Waals surface area contributed by atoms with Gasteiger partial charge in [-0.15, -0.1) is 0 Å².